The van der Waals surface area contributed by atoms with E-state index < -0.39 is 11.4 Å². The van der Waals surface area contributed by atoms with Crippen LogP contribution in [0, 0.1) is 57.2 Å². The molecule has 0 aliphatic heterocycles. The molecule has 5 saturated carbocycles. The zero-order chi connectivity index (χ0) is 22.4. The molecule has 174 valence electrons. The van der Waals surface area contributed by atoms with Gasteiger partial charge < -0.3 is 5.11 Å². The Balaban J connectivity index is 1.60. The first kappa shape index (κ1) is 22.0. The van der Waals surface area contributed by atoms with Gasteiger partial charge in [0.1, 0.15) is 5.78 Å². The Hall–Kier alpha value is -0.860. The van der Waals surface area contributed by atoms with Gasteiger partial charge in [0.05, 0.1) is 5.41 Å². The number of rotatable bonds is 1. The Bertz CT molecular complexity index is 789. The summed E-state index contributed by atoms with van der Waals surface area (Å²) in [6, 6.07) is 0. The number of Topliss-reactive ketones (excluding diaryl/α,β-unsaturated/α-hetero) is 1. The Morgan fingerprint density at radius 3 is 2.26 bits per heavy atom. The summed E-state index contributed by atoms with van der Waals surface area (Å²) < 4.78 is 0. The fourth-order valence-corrected chi connectivity index (χ4v) is 10.9. The number of ketones is 1. The molecule has 3 nitrogen and oxygen atoms in total. The highest BCUT2D eigenvalue weighted by molar-refractivity contribution is 5.86. The number of fused-ring (bicyclic) bond motifs is 7. The summed E-state index contributed by atoms with van der Waals surface area (Å²) in [5.41, 5.74) is -0.304. The minimum Gasteiger partial charge on any atom is -0.481 e. The first-order valence-corrected chi connectivity index (χ1v) is 13.3. The zero-order valence-corrected chi connectivity index (χ0v) is 20.5. The van der Waals surface area contributed by atoms with Gasteiger partial charge in [-0.25, -0.2) is 0 Å². The van der Waals surface area contributed by atoms with Crippen molar-refractivity contribution in [1.29, 1.82) is 0 Å². The second-order valence-electron chi connectivity index (χ2n) is 13.4. The second-order valence-corrected chi connectivity index (χ2v) is 13.4. The molecular formula is C28H44O3. The minimum atomic E-state index is -0.666. The molecule has 5 fully saturated rings. The molecule has 5 rings (SSSR count). The summed E-state index contributed by atoms with van der Waals surface area (Å²) in [6.07, 6.45) is 11.7. The van der Waals surface area contributed by atoms with Crippen molar-refractivity contribution in [2.75, 3.05) is 0 Å². The highest BCUT2D eigenvalue weighted by Crippen LogP contribution is 2.75. The average Bonchev–Trinajstić information content (AvgIpc) is 2.70. The van der Waals surface area contributed by atoms with Gasteiger partial charge in [0, 0.05) is 12.3 Å². The minimum absolute atomic E-state index is 0.0265. The van der Waals surface area contributed by atoms with Crippen LogP contribution >= 0.6 is 0 Å². The Morgan fingerprint density at radius 2 is 1.55 bits per heavy atom. The van der Waals surface area contributed by atoms with Gasteiger partial charge in [-0.3, -0.25) is 9.59 Å². The van der Waals surface area contributed by atoms with E-state index in [4.69, 9.17) is 0 Å². The molecule has 0 radical (unpaired) electrons. The molecule has 0 aromatic rings. The van der Waals surface area contributed by atoms with Crippen LogP contribution in [0.4, 0.5) is 0 Å². The van der Waals surface area contributed by atoms with E-state index in [1.807, 2.05) is 0 Å². The third kappa shape index (κ3) is 2.58. The predicted octanol–water partition coefficient (Wildman–Crippen LogP) is 6.74. The van der Waals surface area contributed by atoms with E-state index in [1.165, 1.54) is 32.1 Å². The highest BCUT2D eigenvalue weighted by Gasteiger charge is 2.72. The van der Waals surface area contributed by atoms with Crippen molar-refractivity contribution in [1.82, 2.24) is 0 Å². The van der Waals surface area contributed by atoms with Gasteiger partial charge in [0.15, 0.2) is 0 Å². The molecule has 0 aromatic heterocycles. The number of carbonyl (C=O) groups excluding carboxylic acids is 1. The van der Waals surface area contributed by atoms with E-state index in [0.29, 0.717) is 24.0 Å². The Kier molecular flexibility index (Phi) is 4.84. The van der Waals surface area contributed by atoms with Crippen molar-refractivity contribution in [3.8, 4) is 0 Å². The summed E-state index contributed by atoms with van der Waals surface area (Å²) in [4.78, 5) is 26.8. The summed E-state index contributed by atoms with van der Waals surface area (Å²) in [5, 5.41) is 10.4. The lowest BCUT2D eigenvalue weighted by Crippen LogP contribution is -2.69. The van der Waals surface area contributed by atoms with Crippen LogP contribution in [0.25, 0.3) is 0 Å². The molecule has 31 heavy (non-hydrogen) atoms. The largest absolute Gasteiger partial charge is 0.481 e. The third-order valence-electron chi connectivity index (χ3n) is 12.6. The average molecular weight is 429 g/mol. The van der Waals surface area contributed by atoms with Gasteiger partial charge in [-0.05, 0) is 84.4 Å². The van der Waals surface area contributed by atoms with E-state index >= 15 is 0 Å². The lowest BCUT2D eigenvalue weighted by Gasteiger charge is -2.71. The number of carboxylic acids is 1. The molecule has 0 saturated heterocycles. The molecule has 5 aliphatic rings. The standard InChI is InChI=1S/C28H44O3/c1-17-8-6-11-25(3)19(17)10-13-26(4)21(25)16-20(29)23-22-18(2)9-7-12-28(22,24(30)31)15-14-27(23,26)5/h17-19,21-23H,6-16H2,1-5H3,(H,30,31)/t17?,18?,19?,21?,22?,23?,25?,26?,27-,28?/m1/s1. The third-order valence-corrected chi connectivity index (χ3v) is 12.6. The summed E-state index contributed by atoms with van der Waals surface area (Å²) in [6.45, 7) is 12.2. The van der Waals surface area contributed by atoms with Crippen LogP contribution in [-0.2, 0) is 9.59 Å². The van der Waals surface area contributed by atoms with Crippen molar-refractivity contribution in [3.05, 3.63) is 0 Å². The monoisotopic (exact) mass is 428 g/mol. The van der Waals surface area contributed by atoms with Crippen LogP contribution in [-0.4, -0.2) is 16.9 Å². The Labute approximate surface area is 189 Å². The van der Waals surface area contributed by atoms with Gasteiger partial charge in [0.25, 0.3) is 0 Å². The quantitative estimate of drug-likeness (QED) is 0.503. The van der Waals surface area contributed by atoms with Gasteiger partial charge >= 0.3 is 5.97 Å². The lowest BCUT2D eigenvalue weighted by molar-refractivity contribution is -0.233. The van der Waals surface area contributed by atoms with Crippen LogP contribution in [0.2, 0.25) is 0 Å². The Morgan fingerprint density at radius 1 is 0.871 bits per heavy atom. The fourth-order valence-electron chi connectivity index (χ4n) is 10.9. The molecule has 0 heterocycles. The van der Waals surface area contributed by atoms with Crippen molar-refractivity contribution in [2.45, 2.75) is 105 Å². The molecule has 0 amide bonds. The number of hydrogen-bond acceptors (Lipinski definition) is 2. The highest BCUT2D eigenvalue weighted by atomic mass is 16.4. The summed E-state index contributed by atoms with van der Waals surface area (Å²) in [5.74, 6) is 2.09. The maximum absolute atomic E-state index is 14.1. The molecule has 0 spiro atoms. The van der Waals surface area contributed by atoms with Crippen LogP contribution in [0.1, 0.15) is 105 Å². The first-order chi connectivity index (χ1) is 14.5. The number of carboxylic acid groups (broad SMARTS) is 1. The van der Waals surface area contributed by atoms with Gasteiger partial charge in [0.2, 0.25) is 0 Å². The molecule has 1 N–H and O–H groups in total. The number of carbonyl (C=O) groups is 2. The molecule has 3 heteroatoms. The summed E-state index contributed by atoms with van der Waals surface area (Å²) in [7, 11) is 0. The number of hydrogen-bond donors (Lipinski definition) is 1. The van der Waals surface area contributed by atoms with E-state index in [0.717, 1.165) is 43.9 Å². The van der Waals surface area contributed by atoms with Crippen molar-refractivity contribution in [3.63, 3.8) is 0 Å². The molecular weight excluding hydrogens is 384 g/mol. The normalized spacial score (nSPS) is 56.6. The van der Waals surface area contributed by atoms with Gasteiger partial charge in [-0.1, -0.05) is 60.3 Å². The zero-order valence-electron chi connectivity index (χ0n) is 20.5. The van der Waals surface area contributed by atoms with E-state index in [2.05, 4.69) is 34.6 Å². The predicted molar refractivity (Wildman–Crippen MR) is 122 cm³/mol. The van der Waals surface area contributed by atoms with Crippen LogP contribution in [0.3, 0.4) is 0 Å². The lowest BCUT2D eigenvalue weighted by atomic mass is 9.32. The molecule has 0 aromatic carbocycles. The van der Waals surface area contributed by atoms with Crippen LogP contribution in [0.5, 0.6) is 0 Å². The molecule has 5 aliphatic carbocycles. The van der Waals surface area contributed by atoms with Gasteiger partial charge in [-0.2, -0.15) is 0 Å². The second kappa shape index (κ2) is 6.83. The van der Waals surface area contributed by atoms with Crippen LogP contribution < -0.4 is 0 Å². The van der Waals surface area contributed by atoms with Crippen molar-refractivity contribution < 1.29 is 14.7 Å². The SMILES string of the molecule is CC1CCCC2(C(=O)O)CC[C@]3(C)C(C(=O)CC4C5(C)CCCC(C)C5CCC43C)C12. The van der Waals surface area contributed by atoms with Crippen molar-refractivity contribution >= 4 is 11.8 Å². The smallest absolute Gasteiger partial charge is 0.309 e. The summed E-state index contributed by atoms with van der Waals surface area (Å²) >= 11 is 0. The first-order valence-electron chi connectivity index (χ1n) is 13.3. The molecule has 10 atom stereocenters. The van der Waals surface area contributed by atoms with E-state index in [9.17, 15) is 14.7 Å². The van der Waals surface area contributed by atoms with Gasteiger partial charge in [-0.15, -0.1) is 0 Å². The topological polar surface area (TPSA) is 54.4 Å². The van der Waals surface area contributed by atoms with E-state index in [-0.39, 0.29) is 28.1 Å². The number of aliphatic carboxylic acids is 1. The van der Waals surface area contributed by atoms with Crippen molar-refractivity contribution in [2.24, 2.45) is 57.2 Å². The fraction of sp³-hybridized carbons (Fsp3) is 0.929. The van der Waals surface area contributed by atoms with E-state index in [1.54, 1.807) is 0 Å². The molecule has 0 bridgehead atoms. The molecule has 9 unspecified atom stereocenters. The maximum atomic E-state index is 14.1. The van der Waals surface area contributed by atoms with Crippen LogP contribution in [0.15, 0.2) is 0 Å². The maximum Gasteiger partial charge on any atom is 0.309 e.